The van der Waals surface area contributed by atoms with Crippen LogP contribution in [0.2, 0.25) is 0 Å². The molecule has 0 heterocycles. The number of aliphatic hydroxyl groups excluding tert-OH is 1. The summed E-state index contributed by atoms with van der Waals surface area (Å²) in [5.41, 5.74) is 3.88. The largest absolute Gasteiger partial charge is 0.389 e. The number of allylic oxidation sites excluding steroid dienone is 9. The summed E-state index contributed by atoms with van der Waals surface area (Å²) in [5, 5.41) is 9.88. The quantitative estimate of drug-likeness (QED) is 0.544. The molecule has 1 aliphatic carbocycles. The van der Waals surface area contributed by atoms with E-state index in [2.05, 4.69) is 71.1 Å². The minimum absolute atomic E-state index is 0.104. The molecule has 0 saturated carbocycles. The van der Waals surface area contributed by atoms with Gasteiger partial charge in [0.25, 0.3) is 0 Å². The fourth-order valence-corrected chi connectivity index (χ4v) is 2.91. The van der Waals surface area contributed by atoms with Gasteiger partial charge in [-0.15, -0.1) is 0 Å². The van der Waals surface area contributed by atoms with Gasteiger partial charge in [0.2, 0.25) is 0 Å². The van der Waals surface area contributed by atoms with Crippen LogP contribution in [0.5, 0.6) is 0 Å². The van der Waals surface area contributed by atoms with Crippen LogP contribution in [0.3, 0.4) is 0 Å². The molecule has 0 spiro atoms. The molecule has 0 radical (unpaired) electrons. The van der Waals surface area contributed by atoms with Crippen molar-refractivity contribution in [1.82, 2.24) is 0 Å². The van der Waals surface area contributed by atoms with E-state index >= 15 is 0 Å². The average molecular weight is 286 g/mol. The zero-order valence-electron chi connectivity index (χ0n) is 14.4. The highest BCUT2D eigenvalue weighted by atomic mass is 16.3. The van der Waals surface area contributed by atoms with Crippen molar-refractivity contribution in [3.8, 4) is 0 Å². The average Bonchev–Trinajstić information content (AvgIpc) is 2.36. The van der Waals surface area contributed by atoms with E-state index in [1.807, 2.05) is 13.0 Å². The van der Waals surface area contributed by atoms with E-state index in [-0.39, 0.29) is 11.5 Å². The predicted octanol–water partition coefficient (Wildman–Crippen LogP) is 5.36. The van der Waals surface area contributed by atoms with E-state index in [1.165, 1.54) is 16.7 Å². The van der Waals surface area contributed by atoms with E-state index < -0.39 is 0 Å². The van der Waals surface area contributed by atoms with Gasteiger partial charge in [-0.2, -0.15) is 0 Å². The van der Waals surface area contributed by atoms with Gasteiger partial charge < -0.3 is 5.11 Å². The van der Waals surface area contributed by atoms with Crippen LogP contribution < -0.4 is 0 Å². The van der Waals surface area contributed by atoms with Crippen molar-refractivity contribution < 1.29 is 5.11 Å². The number of hydrogen-bond donors (Lipinski definition) is 1. The van der Waals surface area contributed by atoms with Crippen molar-refractivity contribution in [3.63, 3.8) is 0 Å². The molecule has 1 rings (SSSR count). The fourth-order valence-electron chi connectivity index (χ4n) is 2.91. The first-order valence-corrected chi connectivity index (χ1v) is 7.78. The summed E-state index contributed by atoms with van der Waals surface area (Å²) in [5.74, 6) is 0.394. The van der Waals surface area contributed by atoms with E-state index in [0.717, 1.165) is 6.42 Å². The van der Waals surface area contributed by atoms with E-state index in [9.17, 15) is 5.11 Å². The van der Waals surface area contributed by atoms with Crippen LogP contribution >= 0.6 is 0 Å². The third-order valence-corrected chi connectivity index (χ3v) is 4.25. The zero-order chi connectivity index (χ0) is 16.0. The van der Waals surface area contributed by atoms with Crippen molar-refractivity contribution in [2.24, 2.45) is 11.3 Å². The summed E-state index contributed by atoms with van der Waals surface area (Å²) >= 11 is 0. The molecule has 2 atom stereocenters. The van der Waals surface area contributed by atoms with Gasteiger partial charge in [-0.3, -0.25) is 0 Å². The lowest BCUT2D eigenvalue weighted by molar-refractivity contribution is 0.117. The van der Waals surface area contributed by atoms with Gasteiger partial charge in [0.05, 0.1) is 6.10 Å². The van der Waals surface area contributed by atoms with Crippen LogP contribution in [0.25, 0.3) is 0 Å². The molecule has 0 fully saturated rings. The molecule has 116 valence electrons. The van der Waals surface area contributed by atoms with Crippen molar-refractivity contribution >= 4 is 0 Å². The van der Waals surface area contributed by atoms with Gasteiger partial charge in [-0.25, -0.2) is 0 Å². The Bertz CT molecular complexity index is 498. The van der Waals surface area contributed by atoms with Gasteiger partial charge in [0.15, 0.2) is 0 Å². The molecule has 0 aliphatic heterocycles. The van der Waals surface area contributed by atoms with Crippen LogP contribution in [0.15, 0.2) is 59.3 Å². The van der Waals surface area contributed by atoms with Crippen LogP contribution in [0.1, 0.15) is 48.0 Å². The summed E-state index contributed by atoms with van der Waals surface area (Å²) in [6.07, 6.45) is 15.4. The second kappa shape index (κ2) is 7.61. The standard InChI is InChI=1S/C20H30O/c1-7-15(2)9-8-10-16(3)11-12-19-17(4)13-18(21)14-20(19,5)6/h7-13,18-19,21H,14H2,1-6H3. The van der Waals surface area contributed by atoms with E-state index in [0.29, 0.717) is 5.92 Å². The first-order valence-electron chi connectivity index (χ1n) is 7.78. The van der Waals surface area contributed by atoms with Crippen molar-refractivity contribution in [2.75, 3.05) is 0 Å². The van der Waals surface area contributed by atoms with Gasteiger partial charge in [0, 0.05) is 5.92 Å². The normalized spacial score (nSPS) is 27.5. The smallest absolute Gasteiger partial charge is 0.0729 e. The summed E-state index contributed by atoms with van der Waals surface area (Å²) < 4.78 is 0. The Morgan fingerprint density at radius 2 is 1.90 bits per heavy atom. The van der Waals surface area contributed by atoms with Gasteiger partial charge >= 0.3 is 0 Å². The van der Waals surface area contributed by atoms with E-state index in [1.54, 1.807) is 0 Å². The topological polar surface area (TPSA) is 20.2 Å². The molecular weight excluding hydrogens is 256 g/mol. The molecule has 0 saturated heterocycles. The maximum atomic E-state index is 9.88. The maximum absolute atomic E-state index is 9.88. The minimum Gasteiger partial charge on any atom is -0.389 e. The predicted molar refractivity (Wildman–Crippen MR) is 93.1 cm³/mol. The molecule has 1 N–H and O–H groups in total. The minimum atomic E-state index is -0.298. The highest BCUT2D eigenvalue weighted by Gasteiger charge is 2.34. The summed E-state index contributed by atoms with van der Waals surface area (Å²) in [4.78, 5) is 0. The Morgan fingerprint density at radius 3 is 2.48 bits per heavy atom. The monoisotopic (exact) mass is 286 g/mol. The summed E-state index contributed by atoms with van der Waals surface area (Å²) in [6, 6.07) is 0. The maximum Gasteiger partial charge on any atom is 0.0729 e. The molecule has 21 heavy (non-hydrogen) atoms. The van der Waals surface area contributed by atoms with Crippen molar-refractivity contribution in [2.45, 2.75) is 54.1 Å². The first kappa shape index (κ1) is 17.7. The lowest BCUT2D eigenvalue weighted by atomic mass is 9.67. The molecule has 0 aromatic rings. The molecule has 1 heteroatoms. The Balaban J connectivity index is 2.81. The van der Waals surface area contributed by atoms with Crippen LogP contribution in [0, 0.1) is 11.3 Å². The number of hydrogen-bond acceptors (Lipinski definition) is 1. The molecule has 1 nitrogen and oxygen atoms in total. The molecule has 0 bridgehead atoms. The third kappa shape index (κ3) is 5.51. The van der Waals surface area contributed by atoms with Gasteiger partial charge in [-0.05, 0) is 39.5 Å². The zero-order valence-corrected chi connectivity index (χ0v) is 14.4. The lowest BCUT2D eigenvalue weighted by Crippen LogP contribution is -2.32. The van der Waals surface area contributed by atoms with Crippen LogP contribution in [-0.2, 0) is 0 Å². The van der Waals surface area contributed by atoms with Gasteiger partial charge in [-0.1, -0.05) is 73.1 Å². The molecular formula is C20H30O. The van der Waals surface area contributed by atoms with E-state index in [4.69, 9.17) is 0 Å². The highest BCUT2D eigenvalue weighted by molar-refractivity contribution is 5.29. The van der Waals surface area contributed by atoms with Crippen molar-refractivity contribution in [3.05, 3.63) is 59.3 Å². The Hall–Kier alpha value is -1.34. The van der Waals surface area contributed by atoms with Crippen molar-refractivity contribution in [1.29, 1.82) is 0 Å². The molecule has 0 amide bonds. The number of aliphatic hydroxyl groups is 1. The van der Waals surface area contributed by atoms with Crippen LogP contribution in [0.4, 0.5) is 0 Å². The third-order valence-electron chi connectivity index (χ3n) is 4.25. The van der Waals surface area contributed by atoms with Crippen LogP contribution in [-0.4, -0.2) is 11.2 Å². The second-order valence-electron chi connectivity index (χ2n) is 6.81. The Kier molecular flexibility index (Phi) is 6.42. The highest BCUT2D eigenvalue weighted by Crippen LogP contribution is 2.41. The fraction of sp³-hybridized carbons (Fsp3) is 0.500. The first-order chi connectivity index (χ1) is 9.76. The SMILES string of the molecule is CC=C(C)C=CC=C(C)C=CC1C(C)=CC(O)CC1(C)C. The molecule has 1 aliphatic rings. The lowest BCUT2D eigenvalue weighted by Gasteiger charge is -2.38. The Labute approximate surface area is 130 Å². The number of rotatable bonds is 4. The molecule has 2 unspecified atom stereocenters. The molecule has 0 aromatic heterocycles. The summed E-state index contributed by atoms with van der Waals surface area (Å²) in [6.45, 7) is 12.8. The summed E-state index contributed by atoms with van der Waals surface area (Å²) in [7, 11) is 0. The van der Waals surface area contributed by atoms with Gasteiger partial charge in [0.1, 0.15) is 0 Å². The Morgan fingerprint density at radius 1 is 1.24 bits per heavy atom. The molecule has 0 aromatic carbocycles. The second-order valence-corrected chi connectivity index (χ2v) is 6.81.